The molecule has 1 saturated carbocycles. The highest BCUT2D eigenvalue weighted by Gasteiger charge is 2.35. The van der Waals surface area contributed by atoms with E-state index >= 15 is 0 Å². The second kappa shape index (κ2) is 6.38. The van der Waals surface area contributed by atoms with E-state index in [2.05, 4.69) is 5.32 Å². The van der Waals surface area contributed by atoms with E-state index in [9.17, 15) is 21.6 Å². The zero-order valence-corrected chi connectivity index (χ0v) is 11.9. The van der Waals surface area contributed by atoms with E-state index in [1.807, 2.05) is 0 Å². The van der Waals surface area contributed by atoms with Crippen molar-refractivity contribution in [2.24, 2.45) is 0 Å². The molecule has 0 heterocycles. The minimum atomic E-state index is -4.53. The monoisotopic (exact) mass is 303 g/mol. The van der Waals surface area contributed by atoms with Gasteiger partial charge >= 0.3 is 6.18 Å². The quantitative estimate of drug-likeness (QED) is 0.675. The molecule has 0 bridgehead atoms. The van der Waals surface area contributed by atoms with Crippen molar-refractivity contribution in [1.29, 1.82) is 0 Å². The van der Waals surface area contributed by atoms with E-state index in [0.717, 1.165) is 24.2 Å². The highest BCUT2D eigenvalue weighted by molar-refractivity contribution is 7.86. The van der Waals surface area contributed by atoms with E-state index in [-0.39, 0.29) is 6.54 Å². The Bertz CT molecular complexity index is 382. The van der Waals surface area contributed by atoms with Gasteiger partial charge in [-0.25, -0.2) is 0 Å². The standard InChI is InChI=1S/C10H20F3N3O2S/c1-15(7-3-6-14-9-4-5-9)19(17,18)16(2)8-10(11,12)13/h9,14H,3-8H2,1-2H3. The Balaban J connectivity index is 2.36. The summed E-state index contributed by atoms with van der Waals surface area (Å²) in [6.07, 6.45) is -1.67. The van der Waals surface area contributed by atoms with Crippen molar-refractivity contribution in [1.82, 2.24) is 13.9 Å². The molecule has 0 aliphatic heterocycles. The fourth-order valence-corrected chi connectivity index (χ4v) is 2.73. The van der Waals surface area contributed by atoms with E-state index in [1.165, 1.54) is 7.05 Å². The molecule has 1 fully saturated rings. The van der Waals surface area contributed by atoms with Crippen molar-refractivity contribution < 1.29 is 21.6 Å². The van der Waals surface area contributed by atoms with Gasteiger partial charge in [0.05, 0.1) is 0 Å². The van der Waals surface area contributed by atoms with E-state index in [4.69, 9.17) is 0 Å². The molecule has 19 heavy (non-hydrogen) atoms. The normalized spacial score (nSPS) is 17.4. The van der Waals surface area contributed by atoms with E-state index in [0.29, 0.717) is 23.3 Å². The lowest BCUT2D eigenvalue weighted by Crippen LogP contribution is -2.44. The minimum absolute atomic E-state index is 0.199. The summed E-state index contributed by atoms with van der Waals surface area (Å²) in [6, 6.07) is 0.537. The molecule has 0 radical (unpaired) electrons. The summed E-state index contributed by atoms with van der Waals surface area (Å²) in [5.41, 5.74) is 0. The topological polar surface area (TPSA) is 52.7 Å². The molecule has 9 heteroatoms. The predicted molar refractivity (Wildman–Crippen MR) is 65.9 cm³/mol. The van der Waals surface area contributed by atoms with Crippen molar-refractivity contribution in [3.05, 3.63) is 0 Å². The first-order valence-corrected chi connectivity index (χ1v) is 7.50. The molecule has 0 saturated heterocycles. The van der Waals surface area contributed by atoms with Gasteiger partial charge in [-0.3, -0.25) is 0 Å². The average Bonchev–Trinajstić information content (AvgIpc) is 3.05. The summed E-state index contributed by atoms with van der Waals surface area (Å²) in [7, 11) is -1.82. The van der Waals surface area contributed by atoms with Crippen molar-refractivity contribution in [3.8, 4) is 0 Å². The van der Waals surface area contributed by atoms with Crippen molar-refractivity contribution in [2.75, 3.05) is 33.7 Å². The molecular weight excluding hydrogens is 283 g/mol. The van der Waals surface area contributed by atoms with Crippen LogP contribution in [-0.2, 0) is 10.2 Å². The summed E-state index contributed by atoms with van der Waals surface area (Å²) < 4.78 is 61.3. The maximum atomic E-state index is 12.2. The van der Waals surface area contributed by atoms with Gasteiger partial charge in [-0.1, -0.05) is 0 Å². The third kappa shape index (κ3) is 6.07. The van der Waals surface area contributed by atoms with Crippen LogP contribution in [0.25, 0.3) is 0 Å². The molecule has 5 nitrogen and oxygen atoms in total. The minimum Gasteiger partial charge on any atom is -0.314 e. The molecule has 0 amide bonds. The molecule has 0 aromatic carbocycles. The number of rotatable bonds is 8. The molecule has 0 spiro atoms. The van der Waals surface area contributed by atoms with Crippen LogP contribution in [0.5, 0.6) is 0 Å². The molecule has 114 valence electrons. The van der Waals surface area contributed by atoms with Gasteiger partial charge in [-0.2, -0.15) is 30.2 Å². The van der Waals surface area contributed by atoms with E-state index in [1.54, 1.807) is 0 Å². The van der Waals surface area contributed by atoms with Crippen LogP contribution in [0, 0.1) is 0 Å². The summed E-state index contributed by atoms with van der Waals surface area (Å²) >= 11 is 0. The summed E-state index contributed by atoms with van der Waals surface area (Å²) in [4.78, 5) is 0. The van der Waals surface area contributed by atoms with Crippen molar-refractivity contribution >= 4 is 10.2 Å². The molecule has 1 aliphatic carbocycles. The Hall–Kier alpha value is -0.380. The lowest BCUT2D eigenvalue weighted by molar-refractivity contribution is -0.134. The highest BCUT2D eigenvalue weighted by Crippen LogP contribution is 2.19. The number of halogens is 3. The zero-order valence-electron chi connectivity index (χ0n) is 11.1. The molecule has 1 N–H and O–H groups in total. The Morgan fingerprint density at radius 1 is 1.21 bits per heavy atom. The van der Waals surface area contributed by atoms with Crippen LogP contribution in [0.4, 0.5) is 13.2 Å². The summed E-state index contributed by atoms with van der Waals surface area (Å²) in [6.45, 7) is -0.599. The Morgan fingerprint density at radius 2 is 1.79 bits per heavy atom. The second-order valence-electron chi connectivity index (χ2n) is 4.78. The molecule has 1 rings (SSSR count). The van der Waals surface area contributed by atoms with Crippen LogP contribution in [0.2, 0.25) is 0 Å². The number of hydrogen-bond acceptors (Lipinski definition) is 3. The highest BCUT2D eigenvalue weighted by atomic mass is 32.2. The molecule has 0 aromatic heterocycles. The number of hydrogen-bond donors (Lipinski definition) is 1. The summed E-state index contributed by atoms with van der Waals surface area (Å²) in [5, 5.41) is 3.22. The second-order valence-corrected chi connectivity index (χ2v) is 6.92. The molecule has 0 atom stereocenters. The third-order valence-electron chi connectivity index (χ3n) is 2.85. The first kappa shape index (κ1) is 16.7. The van der Waals surface area contributed by atoms with Crippen LogP contribution < -0.4 is 5.32 Å². The lowest BCUT2D eigenvalue weighted by Gasteiger charge is -2.25. The Morgan fingerprint density at radius 3 is 2.26 bits per heavy atom. The van der Waals surface area contributed by atoms with Gasteiger partial charge < -0.3 is 5.32 Å². The first-order valence-electron chi connectivity index (χ1n) is 6.10. The van der Waals surface area contributed by atoms with Crippen LogP contribution in [-0.4, -0.2) is 63.0 Å². The van der Waals surface area contributed by atoms with Gasteiger partial charge in [0.1, 0.15) is 6.54 Å². The maximum absolute atomic E-state index is 12.2. The van der Waals surface area contributed by atoms with Gasteiger partial charge in [0, 0.05) is 26.7 Å². The maximum Gasteiger partial charge on any atom is 0.402 e. The van der Waals surface area contributed by atoms with Crippen molar-refractivity contribution in [2.45, 2.75) is 31.5 Å². The smallest absolute Gasteiger partial charge is 0.314 e. The van der Waals surface area contributed by atoms with Crippen LogP contribution >= 0.6 is 0 Å². The molecular formula is C10H20F3N3O2S. The molecule has 0 unspecified atom stereocenters. The SMILES string of the molecule is CN(CCCNC1CC1)S(=O)(=O)N(C)CC(F)(F)F. The largest absolute Gasteiger partial charge is 0.402 e. The van der Waals surface area contributed by atoms with Gasteiger partial charge in [0.2, 0.25) is 0 Å². The van der Waals surface area contributed by atoms with Gasteiger partial charge in [0.25, 0.3) is 10.2 Å². The van der Waals surface area contributed by atoms with Gasteiger partial charge in [-0.15, -0.1) is 0 Å². The lowest BCUT2D eigenvalue weighted by atomic mass is 10.4. The molecule has 0 aromatic rings. The van der Waals surface area contributed by atoms with Crippen LogP contribution in [0.3, 0.4) is 0 Å². The predicted octanol–water partition coefficient (Wildman–Crippen LogP) is 0.799. The van der Waals surface area contributed by atoms with Crippen LogP contribution in [0.15, 0.2) is 0 Å². The Labute approximate surface area is 111 Å². The van der Waals surface area contributed by atoms with Gasteiger partial charge in [0.15, 0.2) is 0 Å². The Kier molecular flexibility index (Phi) is 5.60. The third-order valence-corrected chi connectivity index (χ3v) is 4.74. The fraction of sp³-hybridized carbons (Fsp3) is 1.00. The van der Waals surface area contributed by atoms with Gasteiger partial charge in [-0.05, 0) is 25.8 Å². The average molecular weight is 303 g/mol. The van der Waals surface area contributed by atoms with Crippen LogP contribution in [0.1, 0.15) is 19.3 Å². The number of alkyl halides is 3. The van der Waals surface area contributed by atoms with E-state index < -0.39 is 22.9 Å². The summed E-state index contributed by atoms with van der Waals surface area (Å²) in [5.74, 6) is 0. The zero-order chi connectivity index (χ0) is 14.7. The number of nitrogens with one attached hydrogen (secondary N) is 1. The first-order chi connectivity index (χ1) is 8.63. The molecule has 1 aliphatic rings. The fourth-order valence-electron chi connectivity index (χ4n) is 1.58. The van der Waals surface area contributed by atoms with Crippen molar-refractivity contribution in [3.63, 3.8) is 0 Å². The number of nitrogens with zero attached hydrogens (tertiary/aromatic N) is 2.